The number of carbonyl (C=O) groups is 1. The van der Waals surface area contributed by atoms with Crippen molar-refractivity contribution in [2.24, 2.45) is 5.18 Å². The Kier molecular flexibility index (Phi) is 9.83. The first kappa shape index (κ1) is 27.0. The molecule has 0 unspecified atom stereocenters. The largest absolute Gasteiger partial charge is 0.339 e. The van der Waals surface area contributed by atoms with Gasteiger partial charge in [-0.1, -0.05) is 33.1 Å². The van der Waals surface area contributed by atoms with Gasteiger partial charge in [-0.3, -0.25) is 4.79 Å². The zero-order valence-electron chi connectivity index (χ0n) is 22.5. The number of nitroso groups, excluding NO2 is 1. The molecule has 0 radical (unpaired) electrons. The van der Waals surface area contributed by atoms with Crippen molar-refractivity contribution in [1.82, 2.24) is 19.4 Å². The topological polar surface area (TPSA) is 70.8 Å². The van der Waals surface area contributed by atoms with Gasteiger partial charge < -0.3 is 14.4 Å². The lowest BCUT2D eigenvalue weighted by Crippen LogP contribution is -2.33. The van der Waals surface area contributed by atoms with Crippen molar-refractivity contribution < 1.29 is 4.79 Å². The number of likely N-dealkylation sites (tertiary alicyclic amines) is 1. The van der Waals surface area contributed by atoms with E-state index in [-0.39, 0.29) is 5.91 Å². The summed E-state index contributed by atoms with van der Waals surface area (Å²) in [5.41, 5.74) is 3.95. The third kappa shape index (κ3) is 6.83. The Morgan fingerprint density at radius 2 is 1.62 bits per heavy atom. The summed E-state index contributed by atoms with van der Waals surface area (Å²) in [6.07, 6.45) is 9.10. The van der Waals surface area contributed by atoms with Crippen LogP contribution in [-0.4, -0.2) is 58.0 Å². The van der Waals surface area contributed by atoms with E-state index in [2.05, 4.69) is 28.5 Å². The zero-order chi connectivity index (χ0) is 26.0. The van der Waals surface area contributed by atoms with Crippen molar-refractivity contribution in [3.8, 4) is 11.4 Å². The number of hydrogen-bond donors (Lipinski definition) is 0. The molecular formula is C30H41N5O2. The summed E-state index contributed by atoms with van der Waals surface area (Å²) in [7, 11) is 0. The van der Waals surface area contributed by atoms with Crippen LogP contribution in [0.5, 0.6) is 0 Å². The molecule has 1 aliphatic heterocycles. The van der Waals surface area contributed by atoms with Gasteiger partial charge in [0.05, 0.1) is 11.0 Å². The Labute approximate surface area is 220 Å². The SMILES string of the molecule is CCCCN(CCCC)C(=O)c1ccc2nc(-c3ccc(N=O)cc3)n(CCCN3CCCCC3)c2c1. The maximum atomic E-state index is 13.5. The van der Waals surface area contributed by atoms with Gasteiger partial charge in [-0.05, 0) is 99.4 Å². The molecule has 1 fully saturated rings. The molecule has 0 spiro atoms. The zero-order valence-corrected chi connectivity index (χ0v) is 22.5. The van der Waals surface area contributed by atoms with E-state index in [4.69, 9.17) is 4.98 Å². The fraction of sp³-hybridized carbons (Fsp3) is 0.533. The molecule has 0 saturated carbocycles. The monoisotopic (exact) mass is 503 g/mol. The summed E-state index contributed by atoms with van der Waals surface area (Å²) in [5.74, 6) is 0.970. The Morgan fingerprint density at radius 3 is 2.27 bits per heavy atom. The predicted octanol–water partition coefficient (Wildman–Crippen LogP) is 7.02. The van der Waals surface area contributed by atoms with Crippen LogP contribution in [0, 0.1) is 4.91 Å². The van der Waals surface area contributed by atoms with E-state index in [0.717, 1.165) is 86.3 Å². The minimum atomic E-state index is 0.104. The molecule has 0 aliphatic carbocycles. The molecule has 2 heterocycles. The average molecular weight is 504 g/mol. The van der Waals surface area contributed by atoms with Gasteiger partial charge in [-0.2, -0.15) is 0 Å². The number of unbranched alkanes of at least 4 members (excludes halogenated alkanes) is 2. The van der Waals surface area contributed by atoms with E-state index in [1.807, 2.05) is 35.2 Å². The smallest absolute Gasteiger partial charge is 0.253 e. The highest BCUT2D eigenvalue weighted by molar-refractivity contribution is 5.98. The van der Waals surface area contributed by atoms with Crippen LogP contribution in [0.3, 0.4) is 0 Å². The molecule has 0 atom stereocenters. The lowest BCUT2D eigenvalue weighted by atomic mass is 10.1. The number of nitrogens with zero attached hydrogens (tertiary/aromatic N) is 5. The number of aromatic nitrogens is 2. The average Bonchev–Trinajstić information content (AvgIpc) is 3.31. The van der Waals surface area contributed by atoms with Crippen molar-refractivity contribution >= 4 is 22.6 Å². The summed E-state index contributed by atoms with van der Waals surface area (Å²) >= 11 is 0. The van der Waals surface area contributed by atoms with Crippen LogP contribution in [-0.2, 0) is 6.54 Å². The third-order valence-electron chi connectivity index (χ3n) is 7.38. The van der Waals surface area contributed by atoms with Gasteiger partial charge in [0.15, 0.2) is 0 Å². The van der Waals surface area contributed by atoms with Crippen molar-refractivity contribution in [2.45, 2.75) is 71.8 Å². The number of rotatable bonds is 13. The first-order valence-electron chi connectivity index (χ1n) is 14.1. The second kappa shape index (κ2) is 13.5. The molecule has 1 aromatic heterocycles. The van der Waals surface area contributed by atoms with Gasteiger partial charge in [-0.15, -0.1) is 4.91 Å². The van der Waals surface area contributed by atoms with Gasteiger partial charge in [-0.25, -0.2) is 4.98 Å². The summed E-state index contributed by atoms with van der Waals surface area (Å²) < 4.78 is 2.25. The van der Waals surface area contributed by atoms with Crippen LogP contribution in [0.4, 0.5) is 5.69 Å². The van der Waals surface area contributed by atoms with E-state index in [9.17, 15) is 9.70 Å². The molecule has 0 bridgehead atoms. The fourth-order valence-electron chi connectivity index (χ4n) is 5.20. The van der Waals surface area contributed by atoms with Crippen molar-refractivity contribution in [3.63, 3.8) is 0 Å². The summed E-state index contributed by atoms with van der Waals surface area (Å²) in [6.45, 7) is 10.2. The Morgan fingerprint density at radius 1 is 0.919 bits per heavy atom. The molecule has 1 aliphatic rings. The van der Waals surface area contributed by atoms with E-state index < -0.39 is 0 Å². The van der Waals surface area contributed by atoms with Crippen LogP contribution in [0.1, 0.15) is 75.6 Å². The van der Waals surface area contributed by atoms with Gasteiger partial charge in [0.1, 0.15) is 11.5 Å². The molecule has 3 aromatic rings. The number of benzene rings is 2. The minimum absolute atomic E-state index is 0.104. The number of imidazole rings is 1. The quantitative estimate of drug-likeness (QED) is 0.235. The second-order valence-electron chi connectivity index (χ2n) is 10.2. The van der Waals surface area contributed by atoms with Crippen LogP contribution in [0.15, 0.2) is 47.6 Å². The maximum absolute atomic E-state index is 13.5. The first-order chi connectivity index (χ1) is 18.1. The molecule has 7 heteroatoms. The Hall–Kier alpha value is -3.06. The highest BCUT2D eigenvalue weighted by Crippen LogP contribution is 2.28. The number of hydrogen-bond acceptors (Lipinski definition) is 5. The van der Waals surface area contributed by atoms with E-state index in [1.54, 1.807) is 12.1 Å². The molecular weight excluding hydrogens is 462 g/mol. The Bertz CT molecular complexity index is 1160. The van der Waals surface area contributed by atoms with Gasteiger partial charge >= 0.3 is 0 Å². The standard InChI is InChI=1S/C30H41N5O2/c1-3-5-20-34(21-6-4-2)30(36)25-13-16-27-28(23-25)35(22-10-19-33-17-8-7-9-18-33)29(31-27)24-11-14-26(32-37)15-12-24/h11-16,23H,3-10,17-22H2,1-2H3. The summed E-state index contributed by atoms with van der Waals surface area (Å²) in [5, 5.41) is 3.04. The lowest BCUT2D eigenvalue weighted by Gasteiger charge is -2.26. The maximum Gasteiger partial charge on any atom is 0.253 e. The second-order valence-corrected chi connectivity index (χ2v) is 10.2. The fourth-order valence-corrected chi connectivity index (χ4v) is 5.20. The lowest BCUT2D eigenvalue weighted by molar-refractivity contribution is 0.0751. The highest BCUT2D eigenvalue weighted by Gasteiger charge is 2.19. The summed E-state index contributed by atoms with van der Waals surface area (Å²) in [6, 6.07) is 13.2. The molecule has 37 heavy (non-hydrogen) atoms. The van der Waals surface area contributed by atoms with E-state index in [1.165, 1.54) is 32.4 Å². The number of aryl methyl sites for hydroxylation is 1. The van der Waals surface area contributed by atoms with Crippen LogP contribution in [0.2, 0.25) is 0 Å². The normalized spacial score (nSPS) is 14.2. The molecule has 7 nitrogen and oxygen atoms in total. The van der Waals surface area contributed by atoms with Gasteiger partial charge in [0, 0.05) is 30.8 Å². The van der Waals surface area contributed by atoms with Crippen LogP contribution in [0.25, 0.3) is 22.4 Å². The van der Waals surface area contributed by atoms with Gasteiger partial charge in [0.2, 0.25) is 0 Å². The van der Waals surface area contributed by atoms with Crippen molar-refractivity contribution in [1.29, 1.82) is 0 Å². The number of fused-ring (bicyclic) bond motifs is 1. The van der Waals surface area contributed by atoms with Crippen LogP contribution < -0.4 is 0 Å². The minimum Gasteiger partial charge on any atom is -0.339 e. The van der Waals surface area contributed by atoms with Gasteiger partial charge in [0.25, 0.3) is 5.91 Å². The number of amides is 1. The predicted molar refractivity (Wildman–Crippen MR) is 151 cm³/mol. The molecule has 0 N–H and O–H groups in total. The van der Waals surface area contributed by atoms with E-state index in [0.29, 0.717) is 5.69 Å². The van der Waals surface area contributed by atoms with Crippen molar-refractivity contribution in [2.75, 3.05) is 32.7 Å². The summed E-state index contributed by atoms with van der Waals surface area (Å²) in [4.78, 5) is 34.0. The highest BCUT2D eigenvalue weighted by atomic mass is 16.3. The molecule has 1 saturated heterocycles. The Balaban J connectivity index is 1.65. The molecule has 4 rings (SSSR count). The third-order valence-corrected chi connectivity index (χ3v) is 7.38. The molecule has 2 aromatic carbocycles. The van der Waals surface area contributed by atoms with Crippen LogP contribution >= 0.6 is 0 Å². The van der Waals surface area contributed by atoms with E-state index >= 15 is 0 Å². The van der Waals surface area contributed by atoms with Crippen molar-refractivity contribution in [3.05, 3.63) is 52.9 Å². The number of carbonyl (C=O) groups excluding carboxylic acids is 1. The first-order valence-corrected chi connectivity index (χ1v) is 14.1. The number of piperidine rings is 1. The molecule has 198 valence electrons. The molecule has 1 amide bonds.